The van der Waals surface area contributed by atoms with Crippen molar-refractivity contribution in [1.29, 1.82) is 0 Å². The van der Waals surface area contributed by atoms with Crippen molar-refractivity contribution < 1.29 is 13.6 Å². The van der Waals surface area contributed by atoms with Gasteiger partial charge in [-0.3, -0.25) is 5.10 Å². The highest BCUT2D eigenvalue weighted by Crippen LogP contribution is 2.28. The molecule has 1 saturated carbocycles. The number of nitrogens with zero attached hydrogens (tertiary/aromatic N) is 2. The topological polar surface area (TPSA) is 133 Å². The van der Waals surface area contributed by atoms with Gasteiger partial charge >= 0.3 is 0 Å². The van der Waals surface area contributed by atoms with Gasteiger partial charge < -0.3 is 10.9 Å². The lowest BCUT2D eigenvalue weighted by Gasteiger charge is -2.19. The third-order valence-electron chi connectivity index (χ3n) is 3.65. The number of hydrogen-bond acceptors (Lipinski definition) is 5. The van der Waals surface area contributed by atoms with Gasteiger partial charge in [0.1, 0.15) is 10.7 Å². The van der Waals surface area contributed by atoms with Gasteiger partial charge in [0.2, 0.25) is 10.0 Å². The average molecular weight is 301 g/mol. The molecule has 0 saturated heterocycles. The quantitative estimate of drug-likeness (QED) is 0.273. The van der Waals surface area contributed by atoms with Gasteiger partial charge in [0, 0.05) is 12.0 Å². The fraction of sp³-hybridized carbons (Fsp3) is 0.636. The Morgan fingerprint density at radius 1 is 1.50 bits per heavy atom. The zero-order valence-corrected chi connectivity index (χ0v) is 12.2. The van der Waals surface area contributed by atoms with E-state index < -0.39 is 10.0 Å². The molecule has 112 valence electrons. The molecule has 0 radical (unpaired) electrons. The van der Waals surface area contributed by atoms with E-state index in [0.717, 1.165) is 6.42 Å². The first-order valence-corrected chi connectivity index (χ1v) is 7.86. The fourth-order valence-electron chi connectivity index (χ4n) is 2.72. The third-order valence-corrected chi connectivity index (χ3v) is 5.40. The zero-order valence-electron chi connectivity index (χ0n) is 11.4. The van der Waals surface area contributed by atoms with Gasteiger partial charge in [-0.05, 0) is 26.7 Å². The molecule has 1 aliphatic rings. The highest BCUT2D eigenvalue weighted by molar-refractivity contribution is 7.89. The molecule has 1 aliphatic carbocycles. The van der Waals surface area contributed by atoms with Crippen LogP contribution < -0.4 is 10.5 Å². The Bertz CT molecular complexity index is 603. The highest BCUT2D eigenvalue weighted by atomic mass is 32.2. The molecule has 5 N–H and O–H groups in total. The lowest BCUT2D eigenvalue weighted by molar-refractivity contribution is 0.312. The average Bonchev–Trinajstić information content (AvgIpc) is 2.95. The minimum absolute atomic E-state index is 0.0656. The second-order valence-electron chi connectivity index (χ2n) is 5.05. The van der Waals surface area contributed by atoms with Gasteiger partial charge in [-0.25, -0.2) is 13.1 Å². The van der Waals surface area contributed by atoms with Crippen LogP contribution in [0.3, 0.4) is 0 Å². The van der Waals surface area contributed by atoms with Crippen LogP contribution in [0.4, 0.5) is 0 Å². The molecule has 9 heteroatoms. The number of nitrogens with one attached hydrogen (secondary N) is 2. The summed E-state index contributed by atoms with van der Waals surface area (Å²) in [5.74, 6) is -0.210. The second kappa shape index (κ2) is 5.41. The molecule has 8 nitrogen and oxygen atoms in total. The molecule has 1 fully saturated rings. The van der Waals surface area contributed by atoms with Crippen LogP contribution in [0.2, 0.25) is 0 Å². The molecule has 1 aromatic rings. The molecule has 0 spiro atoms. The summed E-state index contributed by atoms with van der Waals surface area (Å²) in [6, 6.07) is -0.357. The zero-order chi connectivity index (χ0) is 14.9. The minimum Gasteiger partial charge on any atom is -0.409 e. The number of H-pyrrole nitrogens is 1. The molecule has 20 heavy (non-hydrogen) atoms. The van der Waals surface area contributed by atoms with Crippen LogP contribution in [0, 0.1) is 19.8 Å². The van der Waals surface area contributed by atoms with Crippen molar-refractivity contribution in [3.63, 3.8) is 0 Å². The summed E-state index contributed by atoms with van der Waals surface area (Å²) in [6.45, 7) is 3.29. The Hall–Kier alpha value is -1.61. The lowest BCUT2D eigenvalue weighted by Crippen LogP contribution is -2.42. The number of amidine groups is 1. The van der Waals surface area contributed by atoms with Crippen LogP contribution in [0.25, 0.3) is 0 Å². The maximum Gasteiger partial charge on any atom is 0.244 e. The molecule has 0 amide bonds. The van der Waals surface area contributed by atoms with E-state index in [1.165, 1.54) is 0 Å². The molecule has 2 rings (SSSR count). The van der Waals surface area contributed by atoms with Crippen molar-refractivity contribution in [3.8, 4) is 0 Å². The van der Waals surface area contributed by atoms with Gasteiger partial charge in [0.25, 0.3) is 0 Å². The lowest BCUT2D eigenvalue weighted by atomic mass is 10.0. The predicted octanol–water partition coefficient (Wildman–Crippen LogP) is 0.220. The van der Waals surface area contributed by atoms with Gasteiger partial charge in [-0.2, -0.15) is 5.10 Å². The molecule has 1 heterocycles. The molecule has 0 aliphatic heterocycles. The van der Waals surface area contributed by atoms with E-state index in [-0.39, 0.29) is 22.7 Å². The normalized spacial score (nSPS) is 24.2. The monoisotopic (exact) mass is 301 g/mol. The van der Waals surface area contributed by atoms with Gasteiger partial charge in [0.05, 0.1) is 11.4 Å². The van der Waals surface area contributed by atoms with E-state index in [4.69, 9.17) is 10.9 Å². The first kappa shape index (κ1) is 14.8. The minimum atomic E-state index is -3.67. The van der Waals surface area contributed by atoms with Crippen molar-refractivity contribution >= 4 is 15.9 Å². The summed E-state index contributed by atoms with van der Waals surface area (Å²) >= 11 is 0. The van der Waals surface area contributed by atoms with Crippen LogP contribution in [0.5, 0.6) is 0 Å². The third kappa shape index (κ3) is 2.63. The van der Waals surface area contributed by atoms with E-state index in [9.17, 15) is 8.42 Å². The largest absolute Gasteiger partial charge is 0.409 e. The smallest absolute Gasteiger partial charge is 0.244 e. The fourth-order valence-corrected chi connectivity index (χ4v) is 4.41. The Morgan fingerprint density at radius 3 is 2.75 bits per heavy atom. The number of hydrogen-bond donors (Lipinski definition) is 4. The van der Waals surface area contributed by atoms with Crippen molar-refractivity contribution in [2.75, 3.05) is 0 Å². The Morgan fingerprint density at radius 2 is 2.20 bits per heavy atom. The first-order chi connectivity index (χ1) is 9.36. The van der Waals surface area contributed by atoms with Crippen LogP contribution >= 0.6 is 0 Å². The molecule has 0 aromatic carbocycles. The number of sulfonamides is 1. The molecular weight excluding hydrogens is 282 g/mol. The van der Waals surface area contributed by atoms with E-state index in [1.54, 1.807) is 13.8 Å². The highest BCUT2D eigenvalue weighted by Gasteiger charge is 2.35. The number of aromatic nitrogens is 2. The van der Waals surface area contributed by atoms with Gasteiger partial charge in [0.15, 0.2) is 0 Å². The Kier molecular flexibility index (Phi) is 4.00. The maximum atomic E-state index is 12.4. The van der Waals surface area contributed by atoms with Crippen molar-refractivity contribution in [3.05, 3.63) is 11.4 Å². The second-order valence-corrected chi connectivity index (χ2v) is 6.70. The molecular formula is C11H19N5O3S. The Balaban J connectivity index is 2.25. The van der Waals surface area contributed by atoms with Crippen LogP contribution in [-0.4, -0.2) is 35.7 Å². The standard InChI is InChI=1S/C11H19N5O3S/c1-6-10(7(2)14-13-6)20(18,19)16-9-5-3-4-8(9)11(12)15-17/h8-9,16-17H,3-5H2,1-2H3,(H2,12,15)(H,13,14). The van der Waals surface area contributed by atoms with E-state index in [2.05, 4.69) is 20.1 Å². The first-order valence-electron chi connectivity index (χ1n) is 6.38. The number of rotatable bonds is 4. The van der Waals surface area contributed by atoms with Gasteiger partial charge in [-0.15, -0.1) is 0 Å². The summed E-state index contributed by atoms with van der Waals surface area (Å²) in [6.07, 6.45) is 2.19. The number of oxime groups is 1. The van der Waals surface area contributed by atoms with Crippen molar-refractivity contribution in [1.82, 2.24) is 14.9 Å². The molecule has 1 aromatic heterocycles. The van der Waals surface area contributed by atoms with E-state index in [1.807, 2.05) is 0 Å². The van der Waals surface area contributed by atoms with E-state index in [0.29, 0.717) is 24.2 Å². The van der Waals surface area contributed by atoms with Crippen molar-refractivity contribution in [2.24, 2.45) is 16.8 Å². The van der Waals surface area contributed by atoms with Crippen LogP contribution in [-0.2, 0) is 10.0 Å². The maximum absolute atomic E-state index is 12.4. The molecule has 0 bridgehead atoms. The number of nitrogens with two attached hydrogens (primary N) is 1. The summed E-state index contributed by atoms with van der Waals surface area (Å²) in [5, 5.41) is 18.3. The van der Waals surface area contributed by atoms with Crippen molar-refractivity contribution in [2.45, 2.75) is 44.0 Å². The van der Waals surface area contributed by atoms with Crippen LogP contribution in [0.1, 0.15) is 30.7 Å². The summed E-state index contributed by atoms with van der Waals surface area (Å²) in [7, 11) is -3.67. The summed E-state index contributed by atoms with van der Waals surface area (Å²) in [5.41, 5.74) is 6.53. The molecule has 2 atom stereocenters. The number of aryl methyl sites for hydroxylation is 2. The van der Waals surface area contributed by atoms with Crippen LogP contribution in [0.15, 0.2) is 10.1 Å². The van der Waals surface area contributed by atoms with E-state index >= 15 is 0 Å². The molecule has 2 unspecified atom stereocenters. The van der Waals surface area contributed by atoms with Gasteiger partial charge in [-0.1, -0.05) is 11.6 Å². The summed E-state index contributed by atoms with van der Waals surface area (Å²) < 4.78 is 27.5. The SMILES string of the molecule is Cc1n[nH]c(C)c1S(=O)(=O)NC1CCCC1C(N)=NO. The number of aromatic amines is 1. The summed E-state index contributed by atoms with van der Waals surface area (Å²) in [4.78, 5) is 0.169. The predicted molar refractivity (Wildman–Crippen MR) is 72.9 cm³/mol. The Labute approximate surface area is 117 Å².